The van der Waals surface area contributed by atoms with Crippen LogP contribution in [-0.2, 0) is 16.7 Å². The molecular formula is C19H19FN4O2. The summed E-state index contributed by atoms with van der Waals surface area (Å²) in [5.74, 6) is -0.430. The fourth-order valence-electron chi connectivity index (χ4n) is 3.53. The quantitative estimate of drug-likeness (QED) is 0.851. The zero-order chi connectivity index (χ0) is 18.5. The van der Waals surface area contributed by atoms with Gasteiger partial charge in [-0.2, -0.15) is 0 Å². The Morgan fingerprint density at radius 3 is 2.92 bits per heavy atom. The molecule has 7 heteroatoms. The molecule has 1 unspecified atom stereocenters. The van der Waals surface area contributed by atoms with Crippen molar-refractivity contribution in [3.8, 4) is 0 Å². The van der Waals surface area contributed by atoms with E-state index in [-0.39, 0.29) is 36.1 Å². The first-order valence-electron chi connectivity index (χ1n) is 8.49. The minimum absolute atomic E-state index is 0.00924. The van der Waals surface area contributed by atoms with Gasteiger partial charge in [0.2, 0.25) is 0 Å². The first kappa shape index (κ1) is 16.6. The Morgan fingerprint density at radius 1 is 1.38 bits per heavy atom. The van der Waals surface area contributed by atoms with Crippen molar-refractivity contribution in [2.45, 2.75) is 38.3 Å². The molecule has 0 saturated heterocycles. The van der Waals surface area contributed by atoms with Crippen LogP contribution in [0.3, 0.4) is 0 Å². The highest BCUT2D eigenvalue weighted by Gasteiger charge is 2.57. The number of carbonyl (C=O) groups is 1. The van der Waals surface area contributed by atoms with Crippen molar-refractivity contribution < 1.29 is 13.9 Å². The van der Waals surface area contributed by atoms with E-state index in [1.165, 1.54) is 12.3 Å². The van der Waals surface area contributed by atoms with Crippen LogP contribution in [0.4, 0.5) is 4.39 Å². The fourth-order valence-corrected chi connectivity index (χ4v) is 3.53. The number of carbonyl (C=O) groups excluding carboxylic acids is 1. The van der Waals surface area contributed by atoms with Crippen LogP contribution in [0.5, 0.6) is 0 Å². The summed E-state index contributed by atoms with van der Waals surface area (Å²) in [4.78, 5) is 25.0. The van der Waals surface area contributed by atoms with E-state index < -0.39 is 5.54 Å². The summed E-state index contributed by atoms with van der Waals surface area (Å²) in [5.41, 5.74) is 7.16. The molecule has 26 heavy (non-hydrogen) atoms. The summed E-state index contributed by atoms with van der Waals surface area (Å²) in [6, 6.07) is 4.77. The summed E-state index contributed by atoms with van der Waals surface area (Å²) < 4.78 is 20.0. The van der Waals surface area contributed by atoms with E-state index >= 15 is 0 Å². The Hall–Kier alpha value is -2.83. The number of rotatable bonds is 4. The van der Waals surface area contributed by atoms with Gasteiger partial charge in [0.05, 0.1) is 17.4 Å². The highest BCUT2D eigenvalue weighted by molar-refractivity contribution is 5.95. The average molecular weight is 354 g/mol. The summed E-state index contributed by atoms with van der Waals surface area (Å²) in [6.45, 7) is 3.67. The Morgan fingerprint density at radius 2 is 2.19 bits per heavy atom. The molecule has 1 saturated carbocycles. The van der Waals surface area contributed by atoms with Crippen LogP contribution in [0.2, 0.25) is 0 Å². The normalized spacial score (nSPS) is 26.5. The van der Waals surface area contributed by atoms with Gasteiger partial charge < -0.3 is 10.5 Å². The van der Waals surface area contributed by atoms with Crippen molar-refractivity contribution in [1.29, 1.82) is 0 Å². The maximum atomic E-state index is 14.6. The number of aryl methyl sites for hydroxylation is 1. The number of halogens is 1. The summed E-state index contributed by atoms with van der Waals surface area (Å²) >= 11 is 0. The van der Waals surface area contributed by atoms with Crippen LogP contribution in [0, 0.1) is 18.7 Å². The molecule has 3 atom stereocenters. The van der Waals surface area contributed by atoms with Gasteiger partial charge >= 0.3 is 0 Å². The van der Waals surface area contributed by atoms with E-state index in [9.17, 15) is 9.18 Å². The van der Waals surface area contributed by atoms with E-state index in [2.05, 4.69) is 15.0 Å². The first-order chi connectivity index (χ1) is 12.4. The van der Waals surface area contributed by atoms with Gasteiger partial charge in [0.15, 0.2) is 5.78 Å². The molecule has 0 spiro atoms. The van der Waals surface area contributed by atoms with E-state index in [0.29, 0.717) is 16.8 Å². The van der Waals surface area contributed by atoms with E-state index in [4.69, 9.17) is 10.5 Å². The molecule has 2 aromatic rings. The molecule has 1 fully saturated rings. The largest absolute Gasteiger partial charge is 0.462 e. The van der Waals surface area contributed by atoms with Crippen molar-refractivity contribution >= 4 is 11.8 Å². The van der Waals surface area contributed by atoms with Crippen LogP contribution < -0.4 is 5.73 Å². The van der Waals surface area contributed by atoms with E-state index in [1.807, 2.05) is 6.92 Å². The lowest BCUT2D eigenvalue weighted by Crippen LogP contribution is -2.35. The Labute approximate surface area is 150 Å². The monoisotopic (exact) mass is 354 g/mol. The standard InChI is InChI=1S/C19H19FN4O2/c1-10-8-23-15(9-22-10)16(25)6-11-3-4-14(20)12(5-11)19(2)13-7-17(13)26-18(21)24-19/h3-5,8-9,13,17H,6-7H2,1-2H3,(H2,21,24)/t13-,17?,19-/m0/s1. The molecule has 1 aliphatic heterocycles. The lowest BCUT2D eigenvalue weighted by molar-refractivity contribution is 0.0987. The molecule has 1 aromatic heterocycles. The third-order valence-electron chi connectivity index (χ3n) is 5.08. The van der Waals surface area contributed by atoms with Crippen molar-refractivity contribution in [2.75, 3.05) is 0 Å². The van der Waals surface area contributed by atoms with E-state index in [0.717, 1.165) is 12.1 Å². The number of hydrogen-bond acceptors (Lipinski definition) is 6. The summed E-state index contributed by atoms with van der Waals surface area (Å²) in [6.07, 6.45) is 3.91. The number of aliphatic imine (C=N–C) groups is 1. The molecule has 4 rings (SSSR count). The number of benzene rings is 1. The van der Waals surface area contributed by atoms with Crippen molar-refractivity contribution in [2.24, 2.45) is 16.6 Å². The second-order valence-corrected chi connectivity index (χ2v) is 7.05. The van der Waals surface area contributed by atoms with Crippen LogP contribution in [0.1, 0.15) is 40.7 Å². The number of ketones is 1. The van der Waals surface area contributed by atoms with Crippen molar-refractivity contribution in [1.82, 2.24) is 9.97 Å². The van der Waals surface area contributed by atoms with Crippen LogP contribution in [0.25, 0.3) is 0 Å². The fraction of sp³-hybridized carbons (Fsp3) is 0.368. The molecular weight excluding hydrogens is 335 g/mol. The van der Waals surface area contributed by atoms with Gasteiger partial charge in [-0.3, -0.25) is 9.78 Å². The molecule has 2 heterocycles. The number of nitrogens with zero attached hydrogens (tertiary/aromatic N) is 3. The molecule has 6 nitrogen and oxygen atoms in total. The second kappa shape index (κ2) is 5.86. The summed E-state index contributed by atoms with van der Waals surface area (Å²) in [5, 5.41) is 0. The van der Waals surface area contributed by atoms with Gasteiger partial charge in [-0.25, -0.2) is 14.4 Å². The molecule has 1 aliphatic carbocycles. The lowest BCUT2D eigenvalue weighted by atomic mass is 9.85. The molecule has 1 aromatic carbocycles. The topological polar surface area (TPSA) is 90.5 Å². The average Bonchev–Trinajstić information content (AvgIpc) is 3.37. The van der Waals surface area contributed by atoms with Gasteiger partial charge in [-0.1, -0.05) is 6.07 Å². The van der Waals surface area contributed by atoms with Crippen LogP contribution in [0.15, 0.2) is 35.6 Å². The second-order valence-electron chi connectivity index (χ2n) is 7.05. The van der Waals surface area contributed by atoms with Gasteiger partial charge in [0, 0.05) is 24.1 Å². The van der Waals surface area contributed by atoms with Crippen LogP contribution >= 0.6 is 0 Å². The Balaban J connectivity index is 1.64. The third kappa shape index (κ3) is 2.83. The maximum Gasteiger partial charge on any atom is 0.283 e. The highest BCUT2D eigenvalue weighted by Crippen LogP contribution is 2.53. The van der Waals surface area contributed by atoms with Gasteiger partial charge in [0.25, 0.3) is 6.02 Å². The van der Waals surface area contributed by atoms with E-state index in [1.54, 1.807) is 25.3 Å². The Bertz CT molecular complexity index is 912. The summed E-state index contributed by atoms with van der Waals surface area (Å²) in [7, 11) is 0. The third-order valence-corrected chi connectivity index (χ3v) is 5.08. The van der Waals surface area contributed by atoms with Gasteiger partial charge in [0.1, 0.15) is 17.6 Å². The van der Waals surface area contributed by atoms with Crippen molar-refractivity contribution in [3.63, 3.8) is 0 Å². The van der Waals surface area contributed by atoms with Gasteiger partial charge in [-0.05, 0) is 38.0 Å². The minimum atomic E-state index is -0.778. The number of nitrogens with two attached hydrogens (primary N) is 1. The maximum absolute atomic E-state index is 14.6. The molecule has 0 amide bonds. The number of amidine groups is 1. The minimum Gasteiger partial charge on any atom is -0.462 e. The number of hydrogen-bond donors (Lipinski definition) is 1. The number of fused-ring (bicyclic) bond motifs is 1. The predicted octanol–water partition coefficient (Wildman–Crippen LogP) is 2.30. The predicted molar refractivity (Wildman–Crippen MR) is 93.2 cm³/mol. The highest BCUT2D eigenvalue weighted by atomic mass is 19.1. The molecule has 0 radical (unpaired) electrons. The number of Topliss-reactive ketones (excluding diaryl/α,β-unsaturated/α-hetero) is 1. The Kier molecular flexibility index (Phi) is 3.75. The van der Waals surface area contributed by atoms with Gasteiger partial charge in [-0.15, -0.1) is 0 Å². The lowest BCUT2D eigenvalue weighted by Gasteiger charge is -2.30. The number of ether oxygens (including phenoxy) is 1. The molecule has 0 bridgehead atoms. The first-order valence-corrected chi connectivity index (χ1v) is 8.49. The number of aromatic nitrogens is 2. The van der Waals surface area contributed by atoms with Crippen LogP contribution in [-0.4, -0.2) is 27.9 Å². The molecule has 2 N–H and O–H groups in total. The molecule has 134 valence electrons. The SMILES string of the molecule is Cc1cnc(C(=O)Cc2ccc(F)c([C@]3(C)N=C(N)OC4C[C@@H]43)c2)cn1. The smallest absolute Gasteiger partial charge is 0.283 e. The zero-order valence-electron chi connectivity index (χ0n) is 14.6. The zero-order valence-corrected chi connectivity index (χ0v) is 14.6. The van der Waals surface area contributed by atoms with Crippen molar-refractivity contribution in [3.05, 3.63) is 58.9 Å². The molecule has 2 aliphatic rings.